The van der Waals surface area contributed by atoms with E-state index in [1.54, 1.807) is 0 Å². The van der Waals surface area contributed by atoms with Crippen LogP contribution in [0.15, 0.2) is 54.6 Å². The lowest BCUT2D eigenvalue weighted by Crippen LogP contribution is -2.34. The lowest BCUT2D eigenvalue weighted by molar-refractivity contribution is 0.0949. The second-order valence-electron chi connectivity index (χ2n) is 6.95. The summed E-state index contributed by atoms with van der Waals surface area (Å²) in [6.45, 7) is 9.83. The number of nitrogens with one attached hydrogen (secondary N) is 1. The van der Waals surface area contributed by atoms with E-state index in [0.29, 0.717) is 6.54 Å². The summed E-state index contributed by atoms with van der Waals surface area (Å²) in [5, 5.41) is 3.01. The van der Waals surface area contributed by atoms with Crippen LogP contribution < -0.4 is 5.32 Å². The summed E-state index contributed by atoms with van der Waals surface area (Å²) in [5.41, 5.74) is 3.32. The minimum Gasteiger partial charge on any atom is -0.351 e. The van der Waals surface area contributed by atoms with Gasteiger partial charge in [-0.3, -0.25) is 4.79 Å². The van der Waals surface area contributed by atoms with Crippen LogP contribution >= 0.6 is 0 Å². The Morgan fingerprint density at radius 2 is 1.56 bits per heavy atom. The molecular weight excluding hydrogens is 334 g/mol. The molecule has 0 radical (unpaired) electrons. The maximum absolute atomic E-state index is 12.2. The Morgan fingerprint density at radius 1 is 0.889 bits per heavy atom. The molecule has 4 heteroatoms. The van der Waals surface area contributed by atoms with Crippen molar-refractivity contribution in [2.75, 3.05) is 39.8 Å². The molecule has 0 aliphatic heterocycles. The molecule has 0 heterocycles. The van der Waals surface area contributed by atoms with Crippen molar-refractivity contribution >= 4 is 5.91 Å². The summed E-state index contributed by atoms with van der Waals surface area (Å²) < 4.78 is 0. The second kappa shape index (κ2) is 11.5. The molecule has 27 heavy (non-hydrogen) atoms. The van der Waals surface area contributed by atoms with Gasteiger partial charge in [-0.25, -0.2) is 0 Å². The average Bonchev–Trinajstić information content (AvgIpc) is 2.70. The van der Waals surface area contributed by atoms with Crippen LogP contribution in [-0.2, 0) is 13.0 Å². The third kappa shape index (κ3) is 7.53. The van der Waals surface area contributed by atoms with Gasteiger partial charge < -0.3 is 15.1 Å². The predicted octanol–water partition coefficient (Wildman–Crippen LogP) is 3.43. The van der Waals surface area contributed by atoms with Crippen molar-refractivity contribution in [1.82, 2.24) is 15.1 Å². The van der Waals surface area contributed by atoms with Gasteiger partial charge in [0.05, 0.1) is 0 Å². The van der Waals surface area contributed by atoms with Crippen LogP contribution in [0.4, 0.5) is 0 Å². The van der Waals surface area contributed by atoms with Crippen LogP contribution in [0, 0.1) is 0 Å². The van der Waals surface area contributed by atoms with Crippen molar-refractivity contribution < 1.29 is 4.79 Å². The largest absolute Gasteiger partial charge is 0.351 e. The summed E-state index contributed by atoms with van der Waals surface area (Å²) in [7, 11) is 2.14. The molecule has 4 nitrogen and oxygen atoms in total. The van der Waals surface area contributed by atoms with E-state index < -0.39 is 0 Å². The highest BCUT2D eigenvalue weighted by Gasteiger charge is 2.07. The maximum Gasteiger partial charge on any atom is 0.251 e. The Bertz CT molecular complexity index is 666. The molecule has 0 aliphatic rings. The number of hydrogen-bond donors (Lipinski definition) is 1. The summed E-state index contributed by atoms with van der Waals surface area (Å²) in [6, 6.07) is 18.5. The first-order chi connectivity index (χ1) is 13.1. The van der Waals surface area contributed by atoms with Gasteiger partial charge in [0, 0.05) is 31.7 Å². The number of amides is 1. The van der Waals surface area contributed by atoms with Gasteiger partial charge in [-0.2, -0.15) is 0 Å². The lowest BCUT2D eigenvalue weighted by atomic mass is 10.1. The van der Waals surface area contributed by atoms with E-state index in [1.165, 1.54) is 11.1 Å². The summed E-state index contributed by atoms with van der Waals surface area (Å²) in [6.07, 6.45) is 0.979. The molecule has 0 aliphatic carbocycles. The number of carbonyl (C=O) groups is 1. The molecule has 0 spiro atoms. The zero-order valence-corrected chi connectivity index (χ0v) is 16.9. The van der Waals surface area contributed by atoms with Gasteiger partial charge in [-0.15, -0.1) is 0 Å². The molecule has 2 aromatic carbocycles. The van der Waals surface area contributed by atoms with Crippen molar-refractivity contribution in [2.45, 2.75) is 26.8 Å². The molecule has 0 aromatic heterocycles. The van der Waals surface area contributed by atoms with Gasteiger partial charge >= 0.3 is 0 Å². The van der Waals surface area contributed by atoms with Crippen LogP contribution in [0.1, 0.15) is 35.3 Å². The molecule has 0 fully saturated rings. The molecule has 1 amide bonds. The monoisotopic (exact) mass is 367 g/mol. The van der Waals surface area contributed by atoms with Crippen LogP contribution in [0.2, 0.25) is 0 Å². The first kappa shape index (κ1) is 21.1. The first-order valence-corrected chi connectivity index (χ1v) is 9.94. The van der Waals surface area contributed by atoms with E-state index >= 15 is 0 Å². The first-order valence-electron chi connectivity index (χ1n) is 9.94. The summed E-state index contributed by atoms with van der Waals surface area (Å²) >= 11 is 0. The second-order valence-corrected chi connectivity index (χ2v) is 6.95. The van der Waals surface area contributed by atoms with Gasteiger partial charge in [0.1, 0.15) is 0 Å². The quantitative estimate of drug-likeness (QED) is 0.661. The van der Waals surface area contributed by atoms with Crippen molar-refractivity contribution in [2.24, 2.45) is 0 Å². The average molecular weight is 368 g/mol. The Labute approximate surface area is 164 Å². The number of carbonyl (C=O) groups excluding carboxylic acids is 1. The molecule has 0 bridgehead atoms. The Morgan fingerprint density at radius 3 is 2.19 bits per heavy atom. The van der Waals surface area contributed by atoms with Gasteiger partial charge in [0.2, 0.25) is 0 Å². The zero-order valence-electron chi connectivity index (χ0n) is 16.9. The van der Waals surface area contributed by atoms with Crippen LogP contribution in [-0.4, -0.2) is 55.5 Å². The molecule has 1 N–H and O–H groups in total. The fourth-order valence-electron chi connectivity index (χ4n) is 3.09. The number of hydrogen-bond acceptors (Lipinski definition) is 3. The van der Waals surface area contributed by atoms with E-state index in [2.05, 4.69) is 72.4 Å². The predicted molar refractivity (Wildman–Crippen MR) is 113 cm³/mol. The van der Waals surface area contributed by atoms with E-state index in [-0.39, 0.29) is 5.91 Å². The highest BCUT2D eigenvalue weighted by atomic mass is 16.1. The molecule has 0 saturated carbocycles. The van der Waals surface area contributed by atoms with Crippen LogP contribution in [0.5, 0.6) is 0 Å². The minimum absolute atomic E-state index is 0.00917. The molecule has 0 atom stereocenters. The van der Waals surface area contributed by atoms with Crippen molar-refractivity contribution in [3.8, 4) is 0 Å². The molecule has 2 aromatic rings. The van der Waals surface area contributed by atoms with Gasteiger partial charge in [0.25, 0.3) is 5.91 Å². The SMILES string of the molecule is CCN(CC)CCNC(=O)c1ccc(CCN(C)Cc2ccccc2)cc1. The number of rotatable bonds is 11. The fraction of sp³-hybridized carbons (Fsp3) is 0.435. The van der Waals surface area contributed by atoms with Crippen molar-refractivity contribution in [3.63, 3.8) is 0 Å². The molecular formula is C23H33N3O. The third-order valence-electron chi connectivity index (χ3n) is 4.90. The van der Waals surface area contributed by atoms with E-state index in [9.17, 15) is 4.79 Å². The van der Waals surface area contributed by atoms with Crippen LogP contribution in [0.25, 0.3) is 0 Å². The van der Waals surface area contributed by atoms with E-state index in [4.69, 9.17) is 0 Å². The van der Waals surface area contributed by atoms with Gasteiger partial charge in [-0.1, -0.05) is 56.3 Å². The zero-order chi connectivity index (χ0) is 19.5. The Kier molecular flexibility index (Phi) is 9.02. The highest BCUT2D eigenvalue weighted by Crippen LogP contribution is 2.08. The smallest absolute Gasteiger partial charge is 0.251 e. The minimum atomic E-state index is 0.00917. The maximum atomic E-state index is 12.2. The fourth-order valence-corrected chi connectivity index (χ4v) is 3.09. The summed E-state index contributed by atoms with van der Waals surface area (Å²) in [4.78, 5) is 16.9. The lowest BCUT2D eigenvalue weighted by Gasteiger charge is -2.18. The van der Waals surface area contributed by atoms with E-state index in [1.807, 2.05) is 18.2 Å². The van der Waals surface area contributed by atoms with Gasteiger partial charge in [-0.05, 0) is 49.8 Å². The Hall–Kier alpha value is -2.17. The molecule has 146 valence electrons. The number of benzene rings is 2. The standard InChI is InChI=1S/C23H33N3O/c1-4-26(5-2)18-16-24-23(27)22-13-11-20(12-14-22)15-17-25(3)19-21-9-7-6-8-10-21/h6-14H,4-5,15-19H2,1-3H3,(H,24,27). The van der Waals surface area contributed by atoms with Crippen molar-refractivity contribution in [3.05, 3.63) is 71.3 Å². The molecule has 0 saturated heterocycles. The normalized spacial score (nSPS) is 11.1. The number of nitrogens with zero attached hydrogens (tertiary/aromatic N) is 2. The van der Waals surface area contributed by atoms with Gasteiger partial charge in [0.15, 0.2) is 0 Å². The summed E-state index contributed by atoms with van der Waals surface area (Å²) in [5.74, 6) is 0.00917. The molecule has 0 unspecified atom stereocenters. The Balaban J connectivity index is 1.74. The third-order valence-corrected chi connectivity index (χ3v) is 4.90. The topological polar surface area (TPSA) is 35.6 Å². The number of likely N-dealkylation sites (N-methyl/N-ethyl adjacent to an activating group) is 2. The van der Waals surface area contributed by atoms with Crippen LogP contribution in [0.3, 0.4) is 0 Å². The van der Waals surface area contributed by atoms with Crippen molar-refractivity contribution in [1.29, 1.82) is 0 Å². The molecule has 2 rings (SSSR count). The highest BCUT2D eigenvalue weighted by molar-refractivity contribution is 5.94. The van der Waals surface area contributed by atoms with E-state index in [0.717, 1.165) is 44.7 Å².